The van der Waals surface area contributed by atoms with Gasteiger partial charge in [-0.05, 0) is 59.2 Å². The summed E-state index contributed by atoms with van der Waals surface area (Å²) in [5.74, 6) is 0.762. The van der Waals surface area contributed by atoms with Crippen LogP contribution in [0.1, 0.15) is 22.7 Å². The van der Waals surface area contributed by atoms with Gasteiger partial charge in [0.15, 0.2) is 0 Å². The predicted octanol–water partition coefficient (Wildman–Crippen LogP) is 5.38. The molecule has 21 heavy (non-hydrogen) atoms. The van der Waals surface area contributed by atoms with Gasteiger partial charge in [-0.3, -0.25) is 0 Å². The highest BCUT2D eigenvalue weighted by atomic mass is 79.9. The molecule has 2 rings (SSSR count). The quantitative estimate of drug-likeness (QED) is 0.758. The van der Waals surface area contributed by atoms with Crippen molar-refractivity contribution in [3.8, 4) is 5.75 Å². The average Bonchev–Trinajstić information content (AvgIpc) is 2.44. The van der Waals surface area contributed by atoms with E-state index in [2.05, 4.69) is 27.3 Å². The van der Waals surface area contributed by atoms with Crippen LogP contribution in [0, 0.1) is 6.92 Å². The maximum absolute atomic E-state index is 6.24. The molecule has 5 heteroatoms. The minimum atomic E-state index is -0.0614. The molecule has 0 amide bonds. The summed E-state index contributed by atoms with van der Waals surface area (Å²) in [6, 6.07) is 9.55. The molecule has 0 saturated carbocycles. The van der Waals surface area contributed by atoms with Crippen molar-refractivity contribution in [2.45, 2.75) is 13.0 Å². The Kier molecular flexibility index (Phi) is 5.55. The number of benzene rings is 2. The minimum Gasteiger partial charge on any atom is -0.495 e. The van der Waals surface area contributed by atoms with E-state index in [1.54, 1.807) is 7.11 Å². The molecule has 1 unspecified atom stereocenters. The zero-order chi connectivity index (χ0) is 15.6. The van der Waals surface area contributed by atoms with Crippen molar-refractivity contribution in [1.82, 2.24) is 5.32 Å². The zero-order valence-corrected chi connectivity index (χ0v) is 15.1. The first-order valence-electron chi connectivity index (χ1n) is 6.44. The average molecular weight is 389 g/mol. The summed E-state index contributed by atoms with van der Waals surface area (Å²) < 4.78 is 6.35. The van der Waals surface area contributed by atoms with Crippen LogP contribution >= 0.6 is 39.1 Å². The van der Waals surface area contributed by atoms with Crippen molar-refractivity contribution < 1.29 is 4.74 Å². The van der Waals surface area contributed by atoms with Gasteiger partial charge in [-0.1, -0.05) is 35.3 Å². The summed E-state index contributed by atoms with van der Waals surface area (Å²) in [6.45, 7) is 2.01. The zero-order valence-electron chi connectivity index (χ0n) is 12.0. The topological polar surface area (TPSA) is 21.3 Å². The van der Waals surface area contributed by atoms with Gasteiger partial charge >= 0.3 is 0 Å². The number of nitrogens with one attached hydrogen (secondary N) is 1. The lowest BCUT2D eigenvalue weighted by molar-refractivity contribution is 0.402. The molecule has 0 saturated heterocycles. The van der Waals surface area contributed by atoms with Gasteiger partial charge in [0.25, 0.3) is 0 Å². The Morgan fingerprint density at radius 1 is 1.19 bits per heavy atom. The highest BCUT2D eigenvalue weighted by Crippen LogP contribution is 2.39. The minimum absolute atomic E-state index is 0.0614. The van der Waals surface area contributed by atoms with Gasteiger partial charge in [-0.2, -0.15) is 0 Å². The van der Waals surface area contributed by atoms with Crippen molar-refractivity contribution in [2.75, 3.05) is 14.2 Å². The van der Waals surface area contributed by atoms with Gasteiger partial charge in [0.1, 0.15) is 5.75 Å². The Morgan fingerprint density at radius 2 is 1.90 bits per heavy atom. The lowest BCUT2D eigenvalue weighted by Crippen LogP contribution is -2.19. The molecule has 0 bridgehead atoms. The highest BCUT2D eigenvalue weighted by Gasteiger charge is 2.21. The first-order chi connectivity index (χ1) is 9.99. The first kappa shape index (κ1) is 16.6. The van der Waals surface area contributed by atoms with Gasteiger partial charge in [0.05, 0.1) is 17.6 Å². The molecule has 0 aliphatic carbocycles. The second-order valence-electron chi connectivity index (χ2n) is 4.69. The Balaban J connectivity index is 2.64. The van der Waals surface area contributed by atoms with Crippen LogP contribution in [0.2, 0.25) is 10.0 Å². The predicted molar refractivity (Wildman–Crippen MR) is 92.8 cm³/mol. The van der Waals surface area contributed by atoms with E-state index in [4.69, 9.17) is 27.9 Å². The molecule has 0 heterocycles. The second-order valence-corrected chi connectivity index (χ2v) is 6.38. The number of methoxy groups -OCH3 is 1. The Labute approximate surface area is 143 Å². The first-order valence-corrected chi connectivity index (χ1v) is 7.99. The summed E-state index contributed by atoms with van der Waals surface area (Å²) >= 11 is 15.9. The molecule has 112 valence electrons. The Hall–Kier alpha value is -0.740. The number of hydrogen-bond donors (Lipinski definition) is 1. The third-order valence-corrected chi connectivity index (χ3v) is 4.68. The lowest BCUT2D eigenvalue weighted by Gasteiger charge is -2.23. The summed E-state index contributed by atoms with van der Waals surface area (Å²) in [5.41, 5.74) is 3.10. The molecule has 1 atom stereocenters. The van der Waals surface area contributed by atoms with E-state index >= 15 is 0 Å². The fourth-order valence-electron chi connectivity index (χ4n) is 2.43. The summed E-state index contributed by atoms with van der Waals surface area (Å²) in [6.07, 6.45) is 0. The van der Waals surface area contributed by atoms with Crippen LogP contribution in [0.5, 0.6) is 5.75 Å². The highest BCUT2D eigenvalue weighted by molar-refractivity contribution is 9.10. The van der Waals surface area contributed by atoms with Crippen molar-refractivity contribution in [2.24, 2.45) is 0 Å². The normalized spacial score (nSPS) is 12.3. The maximum Gasteiger partial charge on any atom is 0.138 e. The van der Waals surface area contributed by atoms with E-state index in [-0.39, 0.29) is 6.04 Å². The Morgan fingerprint density at radius 3 is 2.52 bits per heavy atom. The fourth-order valence-corrected chi connectivity index (χ4v) is 3.60. The van der Waals surface area contributed by atoms with E-state index < -0.39 is 0 Å². The molecule has 0 aromatic heterocycles. The molecule has 2 aromatic rings. The molecule has 1 N–H and O–H groups in total. The molecule has 0 aliphatic heterocycles. The fraction of sp³-hybridized carbons (Fsp3) is 0.250. The molecular weight excluding hydrogens is 373 g/mol. The lowest BCUT2D eigenvalue weighted by atomic mass is 9.94. The van der Waals surface area contributed by atoms with E-state index in [9.17, 15) is 0 Å². The van der Waals surface area contributed by atoms with Gasteiger partial charge in [0, 0.05) is 15.6 Å². The van der Waals surface area contributed by atoms with E-state index in [1.165, 1.54) is 0 Å². The smallest absolute Gasteiger partial charge is 0.138 e. The molecule has 0 spiro atoms. The SMILES string of the molecule is CNC(c1cccc(Cl)c1C)c1cc(Cl)cc(Br)c1OC. The van der Waals surface area contributed by atoms with Crippen LogP contribution in [-0.2, 0) is 0 Å². The number of hydrogen-bond acceptors (Lipinski definition) is 2. The van der Waals surface area contributed by atoms with Crippen LogP contribution < -0.4 is 10.1 Å². The number of halogens is 3. The van der Waals surface area contributed by atoms with Crippen LogP contribution in [0.4, 0.5) is 0 Å². The van der Waals surface area contributed by atoms with Crippen molar-refractivity contribution in [1.29, 1.82) is 0 Å². The summed E-state index contributed by atoms with van der Waals surface area (Å²) in [4.78, 5) is 0. The summed E-state index contributed by atoms with van der Waals surface area (Å²) in [7, 11) is 3.55. The van der Waals surface area contributed by atoms with E-state index in [1.807, 2.05) is 38.2 Å². The molecule has 0 aliphatic rings. The largest absolute Gasteiger partial charge is 0.495 e. The molecular formula is C16H16BrCl2NO. The third kappa shape index (κ3) is 3.37. The van der Waals surface area contributed by atoms with Crippen LogP contribution in [0.25, 0.3) is 0 Å². The molecule has 0 fully saturated rings. The van der Waals surface area contributed by atoms with Gasteiger partial charge < -0.3 is 10.1 Å². The number of ether oxygens (including phenoxy) is 1. The van der Waals surface area contributed by atoms with E-state index in [0.29, 0.717) is 5.02 Å². The van der Waals surface area contributed by atoms with E-state index in [0.717, 1.165) is 31.9 Å². The van der Waals surface area contributed by atoms with Gasteiger partial charge in [0.2, 0.25) is 0 Å². The van der Waals surface area contributed by atoms with Gasteiger partial charge in [-0.25, -0.2) is 0 Å². The second kappa shape index (κ2) is 7.01. The number of rotatable bonds is 4. The monoisotopic (exact) mass is 387 g/mol. The standard InChI is InChI=1S/C16H16BrCl2NO/c1-9-11(5-4-6-14(9)19)15(20-2)12-7-10(18)8-13(17)16(12)21-3/h4-8,15,20H,1-3H3. The molecule has 2 aromatic carbocycles. The summed E-state index contributed by atoms with van der Waals surface area (Å²) in [5, 5.41) is 4.71. The van der Waals surface area contributed by atoms with Gasteiger partial charge in [-0.15, -0.1) is 0 Å². The molecule has 2 nitrogen and oxygen atoms in total. The van der Waals surface area contributed by atoms with Crippen LogP contribution in [-0.4, -0.2) is 14.2 Å². The maximum atomic E-state index is 6.24. The van der Waals surface area contributed by atoms with Crippen molar-refractivity contribution >= 4 is 39.1 Å². The van der Waals surface area contributed by atoms with Crippen molar-refractivity contribution in [3.05, 3.63) is 61.5 Å². The van der Waals surface area contributed by atoms with Crippen LogP contribution in [0.15, 0.2) is 34.8 Å². The molecule has 0 radical (unpaired) electrons. The van der Waals surface area contributed by atoms with Crippen LogP contribution in [0.3, 0.4) is 0 Å². The Bertz CT molecular complexity index is 661. The third-order valence-electron chi connectivity index (χ3n) is 3.46. The van der Waals surface area contributed by atoms with Crippen molar-refractivity contribution in [3.63, 3.8) is 0 Å².